The monoisotopic (exact) mass is 364 g/mol. The summed E-state index contributed by atoms with van der Waals surface area (Å²) in [7, 11) is 0. The first-order valence-electron chi connectivity index (χ1n) is 5.65. The third-order valence-electron chi connectivity index (χ3n) is 2.82. The van der Waals surface area contributed by atoms with E-state index in [4.69, 9.17) is 11.6 Å². The third-order valence-corrected chi connectivity index (χ3v) is 3.66. The highest BCUT2D eigenvalue weighted by Gasteiger charge is 2.17. The average Bonchev–Trinajstić information content (AvgIpc) is 2.38. The Morgan fingerprint density at radius 1 is 1.10 bits per heavy atom. The van der Waals surface area contributed by atoms with E-state index in [0.29, 0.717) is 10.6 Å². The minimum Gasteiger partial charge on any atom is -0.388 e. The van der Waals surface area contributed by atoms with Crippen molar-refractivity contribution in [3.05, 3.63) is 68.4 Å². The Bertz CT molecular complexity index is 625. The van der Waals surface area contributed by atoms with Gasteiger partial charge in [0.2, 0.25) is 0 Å². The molecule has 1 nitrogen and oxygen atoms in total. The van der Waals surface area contributed by atoms with Gasteiger partial charge in [0.25, 0.3) is 0 Å². The van der Waals surface area contributed by atoms with Crippen LogP contribution < -0.4 is 0 Å². The highest BCUT2D eigenvalue weighted by Crippen LogP contribution is 2.27. The molecule has 0 radical (unpaired) electrons. The van der Waals surface area contributed by atoms with E-state index in [2.05, 4.69) is 15.9 Å². The zero-order valence-electron chi connectivity index (χ0n) is 10.0. The van der Waals surface area contributed by atoms with Crippen LogP contribution in [0.2, 0.25) is 5.02 Å². The van der Waals surface area contributed by atoms with Crippen molar-refractivity contribution in [1.29, 1.82) is 0 Å². The number of hydrogen-bond donors (Lipinski definition) is 1. The van der Waals surface area contributed by atoms with E-state index in [0.717, 1.165) is 16.6 Å². The van der Waals surface area contributed by atoms with Gasteiger partial charge in [-0.15, -0.1) is 0 Å². The number of rotatable bonds is 3. The van der Waals surface area contributed by atoms with E-state index in [-0.39, 0.29) is 12.0 Å². The number of aliphatic hydroxyl groups is 1. The largest absolute Gasteiger partial charge is 0.388 e. The molecule has 6 heteroatoms. The molecule has 0 aliphatic heterocycles. The third kappa shape index (κ3) is 3.34. The molecule has 0 amide bonds. The van der Waals surface area contributed by atoms with Gasteiger partial charge < -0.3 is 5.11 Å². The Labute approximate surface area is 127 Å². The lowest BCUT2D eigenvalue weighted by Crippen LogP contribution is -2.05. The lowest BCUT2D eigenvalue weighted by atomic mass is 10.0. The SMILES string of the molecule is OC(Cc1ccc(Br)cc1Cl)c1cc(F)c(F)c(F)c1. The maximum atomic E-state index is 13.1. The van der Waals surface area contributed by atoms with E-state index >= 15 is 0 Å². The molecule has 0 aliphatic rings. The summed E-state index contributed by atoms with van der Waals surface area (Å²) in [5, 5.41) is 10.4. The fraction of sp³-hybridized carbons (Fsp3) is 0.143. The van der Waals surface area contributed by atoms with Gasteiger partial charge in [0, 0.05) is 15.9 Å². The molecule has 0 spiro atoms. The first-order chi connectivity index (χ1) is 9.38. The van der Waals surface area contributed by atoms with Crippen molar-refractivity contribution in [1.82, 2.24) is 0 Å². The predicted octanol–water partition coefficient (Wildman–Crippen LogP) is 4.80. The molecule has 2 rings (SSSR count). The quantitative estimate of drug-likeness (QED) is 0.775. The maximum Gasteiger partial charge on any atom is 0.194 e. The Morgan fingerprint density at radius 3 is 2.25 bits per heavy atom. The van der Waals surface area contributed by atoms with Crippen LogP contribution in [-0.2, 0) is 6.42 Å². The second-order valence-electron chi connectivity index (χ2n) is 4.25. The fourth-order valence-corrected chi connectivity index (χ4v) is 2.53. The molecule has 2 aromatic carbocycles. The fourth-order valence-electron chi connectivity index (χ4n) is 1.78. The van der Waals surface area contributed by atoms with Gasteiger partial charge in [0.1, 0.15) is 0 Å². The number of halogens is 5. The summed E-state index contributed by atoms with van der Waals surface area (Å²) in [5.41, 5.74) is 0.577. The lowest BCUT2D eigenvalue weighted by Gasteiger charge is -2.13. The van der Waals surface area contributed by atoms with E-state index in [1.165, 1.54) is 0 Å². The van der Waals surface area contributed by atoms with E-state index in [1.807, 2.05) is 0 Å². The summed E-state index contributed by atoms with van der Waals surface area (Å²) >= 11 is 9.25. The number of hydrogen-bond acceptors (Lipinski definition) is 1. The van der Waals surface area contributed by atoms with Crippen molar-refractivity contribution >= 4 is 27.5 Å². The van der Waals surface area contributed by atoms with Crippen molar-refractivity contribution in [2.24, 2.45) is 0 Å². The minimum absolute atomic E-state index is 0.0413. The Balaban J connectivity index is 2.26. The van der Waals surface area contributed by atoms with Crippen LogP contribution in [0.3, 0.4) is 0 Å². The predicted molar refractivity (Wildman–Crippen MR) is 74.1 cm³/mol. The summed E-state index contributed by atoms with van der Waals surface area (Å²) in [4.78, 5) is 0. The highest BCUT2D eigenvalue weighted by atomic mass is 79.9. The van der Waals surface area contributed by atoms with Crippen molar-refractivity contribution in [3.63, 3.8) is 0 Å². The molecule has 106 valence electrons. The number of aliphatic hydroxyl groups excluding tert-OH is 1. The van der Waals surface area contributed by atoms with Crippen molar-refractivity contribution in [2.45, 2.75) is 12.5 Å². The van der Waals surface area contributed by atoms with Gasteiger partial charge in [-0.25, -0.2) is 13.2 Å². The van der Waals surface area contributed by atoms with E-state index in [9.17, 15) is 18.3 Å². The topological polar surface area (TPSA) is 20.2 Å². The summed E-state index contributed by atoms with van der Waals surface area (Å²) in [6.07, 6.45) is -1.12. The van der Waals surface area contributed by atoms with Crippen molar-refractivity contribution < 1.29 is 18.3 Å². The molecule has 1 N–H and O–H groups in total. The van der Waals surface area contributed by atoms with Gasteiger partial charge in [-0.1, -0.05) is 33.6 Å². The average molecular weight is 366 g/mol. The van der Waals surface area contributed by atoms with Crippen LogP contribution in [0.15, 0.2) is 34.8 Å². The minimum atomic E-state index is -1.55. The molecule has 1 unspecified atom stereocenters. The molecule has 0 fully saturated rings. The normalized spacial score (nSPS) is 12.5. The first kappa shape index (κ1) is 15.4. The molecular formula is C14H9BrClF3O. The van der Waals surface area contributed by atoms with Crippen LogP contribution in [0.5, 0.6) is 0 Å². The van der Waals surface area contributed by atoms with Crippen LogP contribution in [0.4, 0.5) is 13.2 Å². The molecule has 0 aromatic heterocycles. The van der Waals surface area contributed by atoms with Crippen LogP contribution >= 0.6 is 27.5 Å². The van der Waals surface area contributed by atoms with E-state index < -0.39 is 23.6 Å². The molecule has 0 heterocycles. The zero-order valence-corrected chi connectivity index (χ0v) is 12.4. The summed E-state index contributed by atoms with van der Waals surface area (Å²) in [6.45, 7) is 0. The van der Waals surface area contributed by atoms with Crippen LogP contribution in [0, 0.1) is 17.5 Å². The molecule has 0 saturated heterocycles. The summed E-state index contributed by atoms with van der Waals surface area (Å²) in [6, 6.07) is 6.62. The molecule has 20 heavy (non-hydrogen) atoms. The maximum absolute atomic E-state index is 13.1. The Hall–Kier alpha value is -1.04. The second kappa shape index (κ2) is 6.16. The Kier molecular flexibility index (Phi) is 4.73. The first-order valence-corrected chi connectivity index (χ1v) is 6.82. The van der Waals surface area contributed by atoms with Gasteiger partial charge in [0.15, 0.2) is 17.5 Å². The molecule has 1 atom stereocenters. The van der Waals surface area contributed by atoms with Gasteiger partial charge in [-0.3, -0.25) is 0 Å². The molecule has 0 saturated carbocycles. The van der Waals surface area contributed by atoms with Gasteiger partial charge in [-0.05, 0) is 35.4 Å². The van der Waals surface area contributed by atoms with Crippen LogP contribution in [-0.4, -0.2) is 5.11 Å². The second-order valence-corrected chi connectivity index (χ2v) is 5.58. The van der Waals surface area contributed by atoms with Gasteiger partial charge >= 0.3 is 0 Å². The van der Waals surface area contributed by atoms with Crippen LogP contribution in [0.25, 0.3) is 0 Å². The number of benzene rings is 2. The van der Waals surface area contributed by atoms with Crippen molar-refractivity contribution in [2.75, 3.05) is 0 Å². The van der Waals surface area contributed by atoms with Crippen molar-refractivity contribution in [3.8, 4) is 0 Å². The smallest absolute Gasteiger partial charge is 0.194 e. The summed E-state index contributed by atoms with van der Waals surface area (Å²) < 4.78 is 39.9. The Morgan fingerprint density at radius 2 is 1.70 bits per heavy atom. The zero-order chi connectivity index (χ0) is 14.9. The molecule has 0 aliphatic carbocycles. The van der Waals surface area contributed by atoms with Gasteiger partial charge in [0.05, 0.1) is 6.10 Å². The lowest BCUT2D eigenvalue weighted by molar-refractivity contribution is 0.177. The molecular weight excluding hydrogens is 357 g/mol. The van der Waals surface area contributed by atoms with Crippen LogP contribution in [0.1, 0.15) is 17.2 Å². The highest BCUT2D eigenvalue weighted by molar-refractivity contribution is 9.10. The standard InChI is InChI=1S/C14H9BrClF3O/c15-9-2-1-7(10(16)6-9)5-13(20)8-3-11(17)14(19)12(18)4-8/h1-4,6,13,20H,5H2. The van der Waals surface area contributed by atoms with E-state index in [1.54, 1.807) is 18.2 Å². The summed E-state index contributed by atoms with van der Waals surface area (Å²) in [5.74, 6) is -4.22. The molecule has 0 bridgehead atoms. The molecule has 2 aromatic rings. The van der Waals surface area contributed by atoms with Gasteiger partial charge in [-0.2, -0.15) is 0 Å².